The molecule has 0 N–H and O–H groups in total. The summed E-state index contributed by atoms with van der Waals surface area (Å²) >= 11 is 0. The molecule has 0 bridgehead atoms. The molecule has 0 saturated carbocycles. The highest BCUT2D eigenvalue weighted by molar-refractivity contribution is 4.77. The van der Waals surface area contributed by atoms with Crippen LogP contribution in [-0.4, -0.2) is 24.0 Å². The Kier molecular flexibility index (Phi) is 3.95. The zero-order valence-corrected chi connectivity index (χ0v) is 8.07. The van der Waals surface area contributed by atoms with Gasteiger partial charge in [-0.25, -0.2) is 0 Å². The Morgan fingerprint density at radius 1 is 1.20 bits per heavy atom. The van der Waals surface area contributed by atoms with Gasteiger partial charge in [0.05, 0.1) is 0 Å². The minimum absolute atomic E-state index is 0.392. The maximum absolute atomic E-state index is 2.40. The first-order chi connectivity index (χ1) is 4.54. The average molecular weight is 143 g/mol. The molecule has 62 valence electrons. The molecule has 0 aliphatic carbocycles. The third-order valence-electron chi connectivity index (χ3n) is 2.37. The van der Waals surface area contributed by atoms with Gasteiger partial charge < -0.3 is 4.90 Å². The van der Waals surface area contributed by atoms with Crippen LogP contribution in [0.5, 0.6) is 0 Å². The van der Waals surface area contributed by atoms with E-state index in [1.54, 1.807) is 0 Å². The zero-order chi connectivity index (χ0) is 8.20. The number of hydrogen-bond donors (Lipinski definition) is 0. The van der Waals surface area contributed by atoms with Crippen LogP contribution < -0.4 is 0 Å². The molecule has 0 aliphatic rings. The molecule has 0 aromatic rings. The molecular weight excluding hydrogens is 122 g/mol. The van der Waals surface area contributed by atoms with Crippen molar-refractivity contribution in [2.45, 2.75) is 46.1 Å². The van der Waals surface area contributed by atoms with E-state index in [2.05, 4.69) is 39.6 Å². The van der Waals surface area contributed by atoms with Crippen LogP contribution in [0.25, 0.3) is 0 Å². The smallest absolute Gasteiger partial charge is 0.0150 e. The fraction of sp³-hybridized carbons (Fsp3) is 1.00. The van der Waals surface area contributed by atoms with Crippen LogP contribution in [0.2, 0.25) is 0 Å². The van der Waals surface area contributed by atoms with Crippen molar-refractivity contribution in [1.82, 2.24) is 4.90 Å². The second-order valence-corrected chi connectivity index (χ2v) is 3.58. The van der Waals surface area contributed by atoms with Crippen LogP contribution >= 0.6 is 0 Å². The Bertz CT molecular complexity index is 86.7. The molecule has 1 heteroatoms. The van der Waals surface area contributed by atoms with Crippen molar-refractivity contribution in [3.8, 4) is 0 Å². The van der Waals surface area contributed by atoms with E-state index in [4.69, 9.17) is 0 Å². The van der Waals surface area contributed by atoms with Crippen molar-refractivity contribution < 1.29 is 0 Å². The summed E-state index contributed by atoms with van der Waals surface area (Å²) in [6.07, 6.45) is 2.56. The van der Waals surface area contributed by atoms with Gasteiger partial charge in [-0.1, -0.05) is 20.3 Å². The third-order valence-corrected chi connectivity index (χ3v) is 2.37. The van der Waals surface area contributed by atoms with Gasteiger partial charge in [-0.2, -0.15) is 0 Å². The fourth-order valence-corrected chi connectivity index (χ4v) is 1.23. The van der Waals surface area contributed by atoms with Crippen LogP contribution in [0.15, 0.2) is 0 Å². The maximum atomic E-state index is 2.40. The molecule has 0 aliphatic heterocycles. The van der Waals surface area contributed by atoms with Gasteiger partial charge in [-0.05, 0) is 33.9 Å². The van der Waals surface area contributed by atoms with Crippen molar-refractivity contribution >= 4 is 0 Å². The number of rotatable bonds is 4. The predicted octanol–water partition coefficient (Wildman–Crippen LogP) is 2.52. The molecule has 0 amide bonds. The minimum Gasteiger partial charge on any atom is -0.302 e. The SMILES string of the molecule is CCCC(C)(C)N(C)CC. The maximum Gasteiger partial charge on any atom is 0.0150 e. The van der Waals surface area contributed by atoms with E-state index in [1.165, 1.54) is 12.8 Å². The molecule has 0 aromatic heterocycles. The van der Waals surface area contributed by atoms with Crippen LogP contribution in [0.4, 0.5) is 0 Å². The van der Waals surface area contributed by atoms with Gasteiger partial charge in [0.2, 0.25) is 0 Å². The molecule has 0 spiro atoms. The minimum atomic E-state index is 0.392. The molecule has 10 heavy (non-hydrogen) atoms. The largest absolute Gasteiger partial charge is 0.302 e. The van der Waals surface area contributed by atoms with Crippen LogP contribution in [0.3, 0.4) is 0 Å². The lowest BCUT2D eigenvalue weighted by Gasteiger charge is -2.34. The van der Waals surface area contributed by atoms with Crippen molar-refractivity contribution in [2.75, 3.05) is 13.6 Å². The Labute approximate surface area is 65.4 Å². The monoisotopic (exact) mass is 143 g/mol. The van der Waals surface area contributed by atoms with Crippen LogP contribution in [0.1, 0.15) is 40.5 Å². The molecule has 0 fully saturated rings. The Morgan fingerprint density at radius 3 is 2.00 bits per heavy atom. The lowest BCUT2D eigenvalue weighted by Crippen LogP contribution is -2.40. The van der Waals surface area contributed by atoms with Gasteiger partial charge in [0.1, 0.15) is 0 Å². The lowest BCUT2D eigenvalue weighted by atomic mass is 9.97. The topological polar surface area (TPSA) is 3.24 Å². The molecule has 0 unspecified atom stereocenters. The summed E-state index contributed by atoms with van der Waals surface area (Å²) in [7, 11) is 2.19. The molecule has 1 nitrogen and oxygen atoms in total. The highest BCUT2D eigenvalue weighted by Gasteiger charge is 2.19. The summed E-state index contributed by atoms with van der Waals surface area (Å²) in [5.74, 6) is 0. The quantitative estimate of drug-likeness (QED) is 0.584. The van der Waals surface area contributed by atoms with E-state index in [0.717, 1.165) is 6.54 Å². The van der Waals surface area contributed by atoms with Gasteiger partial charge in [-0.3, -0.25) is 0 Å². The van der Waals surface area contributed by atoms with Gasteiger partial charge in [0.25, 0.3) is 0 Å². The first kappa shape index (κ1) is 9.96. The molecule has 0 saturated heterocycles. The normalized spacial score (nSPS) is 12.6. The Hall–Kier alpha value is -0.0400. The zero-order valence-electron chi connectivity index (χ0n) is 8.07. The third kappa shape index (κ3) is 2.70. The molecule has 0 radical (unpaired) electrons. The van der Waals surface area contributed by atoms with E-state index < -0.39 is 0 Å². The number of hydrogen-bond acceptors (Lipinski definition) is 1. The second kappa shape index (κ2) is 3.97. The molecule has 0 rings (SSSR count). The molecule has 0 heterocycles. The summed E-state index contributed by atoms with van der Waals surface area (Å²) in [4.78, 5) is 2.40. The predicted molar refractivity (Wildman–Crippen MR) is 47.3 cm³/mol. The van der Waals surface area contributed by atoms with Crippen molar-refractivity contribution in [1.29, 1.82) is 0 Å². The average Bonchev–Trinajstić information content (AvgIpc) is 1.86. The van der Waals surface area contributed by atoms with E-state index >= 15 is 0 Å². The van der Waals surface area contributed by atoms with Gasteiger partial charge >= 0.3 is 0 Å². The highest BCUT2D eigenvalue weighted by atomic mass is 15.2. The molecular formula is C9H21N. The summed E-state index contributed by atoms with van der Waals surface area (Å²) in [6.45, 7) is 10.2. The number of nitrogens with zero attached hydrogens (tertiary/aromatic N) is 1. The van der Waals surface area contributed by atoms with Crippen LogP contribution in [-0.2, 0) is 0 Å². The van der Waals surface area contributed by atoms with E-state index in [-0.39, 0.29) is 0 Å². The van der Waals surface area contributed by atoms with E-state index in [1.807, 2.05) is 0 Å². The van der Waals surface area contributed by atoms with Crippen molar-refractivity contribution in [2.24, 2.45) is 0 Å². The second-order valence-electron chi connectivity index (χ2n) is 3.58. The van der Waals surface area contributed by atoms with E-state index in [9.17, 15) is 0 Å². The summed E-state index contributed by atoms with van der Waals surface area (Å²) in [5.41, 5.74) is 0.392. The van der Waals surface area contributed by atoms with Crippen molar-refractivity contribution in [3.05, 3.63) is 0 Å². The summed E-state index contributed by atoms with van der Waals surface area (Å²) in [5, 5.41) is 0. The van der Waals surface area contributed by atoms with Gasteiger partial charge in [0, 0.05) is 5.54 Å². The first-order valence-electron chi connectivity index (χ1n) is 4.25. The fourth-order valence-electron chi connectivity index (χ4n) is 1.23. The summed E-state index contributed by atoms with van der Waals surface area (Å²) < 4.78 is 0. The van der Waals surface area contributed by atoms with Crippen molar-refractivity contribution in [3.63, 3.8) is 0 Å². The Morgan fingerprint density at radius 2 is 1.70 bits per heavy atom. The molecule has 0 aromatic carbocycles. The van der Waals surface area contributed by atoms with E-state index in [0.29, 0.717) is 5.54 Å². The lowest BCUT2D eigenvalue weighted by molar-refractivity contribution is 0.152. The summed E-state index contributed by atoms with van der Waals surface area (Å²) in [6, 6.07) is 0. The first-order valence-corrected chi connectivity index (χ1v) is 4.25. The standard InChI is InChI=1S/C9H21N/c1-6-8-9(3,4)10(5)7-2/h6-8H2,1-5H3. The van der Waals surface area contributed by atoms with Gasteiger partial charge in [0.15, 0.2) is 0 Å². The van der Waals surface area contributed by atoms with Crippen LogP contribution in [0, 0.1) is 0 Å². The highest BCUT2D eigenvalue weighted by Crippen LogP contribution is 2.17. The van der Waals surface area contributed by atoms with Gasteiger partial charge in [-0.15, -0.1) is 0 Å². The molecule has 0 atom stereocenters. The Balaban J connectivity index is 3.82.